The zero-order valence-corrected chi connectivity index (χ0v) is 17.6. The van der Waals surface area contributed by atoms with E-state index in [2.05, 4.69) is 20.2 Å². The van der Waals surface area contributed by atoms with Crippen LogP contribution in [0, 0.1) is 0 Å². The molecule has 3 rings (SSSR count). The molecule has 3 aromatic rings. The number of anilines is 2. The fourth-order valence-electron chi connectivity index (χ4n) is 2.48. The lowest BCUT2D eigenvalue weighted by Gasteiger charge is -2.08. The number of ketones is 1. The highest BCUT2D eigenvalue weighted by molar-refractivity contribution is 7.92. The molecule has 0 fully saturated rings. The Kier molecular flexibility index (Phi) is 6.83. The van der Waals surface area contributed by atoms with Crippen LogP contribution in [0.2, 0.25) is 0 Å². The van der Waals surface area contributed by atoms with Crippen molar-refractivity contribution in [1.82, 2.24) is 10.2 Å². The maximum absolute atomic E-state index is 12.5. The van der Waals surface area contributed by atoms with E-state index >= 15 is 0 Å². The van der Waals surface area contributed by atoms with Crippen LogP contribution in [-0.4, -0.2) is 38.6 Å². The topological polar surface area (TPSA) is 120 Å². The maximum Gasteiger partial charge on any atom is 0.263 e. The molecule has 0 aliphatic heterocycles. The molecule has 0 unspecified atom stereocenters. The fraction of sp³-hybridized carbons (Fsp3) is 0.0952. The monoisotopic (exact) mass is 440 g/mol. The lowest BCUT2D eigenvalue weighted by Crippen LogP contribution is -2.14. The van der Waals surface area contributed by atoms with E-state index in [0.29, 0.717) is 17.0 Å². The molecule has 9 nitrogen and oxygen atoms in total. The van der Waals surface area contributed by atoms with Crippen molar-refractivity contribution in [3.63, 3.8) is 0 Å². The quantitative estimate of drug-likeness (QED) is 0.385. The van der Waals surface area contributed by atoms with Crippen molar-refractivity contribution >= 4 is 27.3 Å². The number of sulfonamides is 1. The van der Waals surface area contributed by atoms with Crippen molar-refractivity contribution in [2.75, 3.05) is 24.3 Å². The van der Waals surface area contributed by atoms with Crippen LogP contribution in [0.4, 0.5) is 11.5 Å². The Morgan fingerprint density at radius 3 is 2.19 bits per heavy atom. The van der Waals surface area contributed by atoms with Gasteiger partial charge in [-0.15, -0.1) is 10.2 Å². The van der Waals surface area contributed by atoms with Crippen LogP contribution in [0.3, 0.4) is 0 Å². The second-order valence-corrected chi connectivity index (χ2v) is 7.84. The molecule has 0 saturated carbocycles. The number of carbonyl (C=O) groups is 1. The first-order chi connectivity index (χ1) is 14.9. The van der Waals surface area contributed by atoms with Crippen LogP contribution in [0.1, 0.15) is 10.4 Å². The van der Waals surface area contributed by atoms with Crippen molar-refractivity contribution in [2.45, 2.75) is 4.90 Å². The number of nitrogens with one attached hydrogen (secondary N) is 2. The van der Waals surface area contributed by atoms with Crippen LogP contribution in [0.25, 0.3) is 0 Å². The second kappa shape index (κ2) is 9.72. The molecule has 0 radical (unpaired) electrons. The number of benzene rings is 2. The average molecular weight is 440 g/mol. The van der Waals surface area contributed by atoms with Gasteiger partial charge in [0.15, 0.2) is 11.6 Å². The van der Waals surface area contributed by atoms with Crippen LogP contribution < -0.4 is 19.5 Å². The molecular formula is C21H20N4O5S. The fourth-order valence-corrected chi connectivity index (χ4v) is 3.47. The summed E-state index contributed by atoms with van der Waals surface area (Å²) in [6.07, 6.45) is 2.87. The van der Waals surface area contributed by atoms with Gasteiger partial charge in [0.05, 0.1) is 19.1 Å². The zero-order chi connectivity index (χ0) is 22.3. The van der Waals surface area contributed by atoms with E-state index < -0.39 is 10.0 Å². The summed E-state index contributed by atoms with van der Waals surface area (Å²) < 4.78 is 37.2. The van der Waals surface area contributed by atoms with E-state index in [1.54, 1.807) is 43.5 Å². The highest BCUT2D eigenvalue weighted by Crippen LogP contribution is 2.18. The molecule has 2 aromatic carbocycles. The summed E-state index contributed by atoms with van der Waals surface area (Å²) in [5, 5.41) is 10.4. The Labute approximate surface area is 179 Å². The van der Waals surface area contributed by atoms with E-state index in [4.69, 9.17) is 9.47 Å². The number of allylic oxidation sites excluding steroid dienone is 1. The molecule has 0 spiro atoms. The molecule has 1 aromatic heterocycles. The Bertz CT molecular complexity index is 1160. The summed E-state index contributed by atoms with van der Waals surface area (Å²) in [7, 11) is -0.835. The Balaban J connectivity index is 1.60. The highest BCUT2D eigenvalue weighted by Gasteiger charge is 2.15. The molecule has 1 heterocycles. The van der Waals surface area contributed by atoms with Crippen molar-refractivity contribution in [3.8, 4) is 11.6 Å². The van der Waals surface area contributed by atoms with Gasteiger partial charge in [-0.3, -0.25) is 9.52 Å². The minimum absolute atomic E-state index is 0.0500. The predicted molar refractivity (Wildman–Crippen MR) is 116 cm³/mol. The minimum atomic E-state index is -3.83. The van der Waals surface area contributed by atoms with Crippen LogP contribution in [0.5, 0.6) is 11.6 Å². The third-order valence-electron chi connectivity index (χ3n) is 4.11. The standard InChI is InChI=1S/C21H20N4O5S/c1-29-17-7-3-15(4-8-17)19(26)13-14-22-16-5-9-18(10-6-16)31(27,28)25-20-11-12-21(30-2)24-23-20/h3-14,22H,1-2H3,(H,23,25)/b14-13-. The Morgan fingerprint density at radius 2 is 1.61 bits per heavy atom. The number of hydrogen-bond acceptors (Lipinski definition) is 8. The minimum Gasteiger partial charge on any atom is -0.497 e. The summed E-state index contributed by atoms with van der Waals surface area (Å²) in [4.78, 5) is 12.2. The predicted octanol–water partition coefficient (Wildman–Crippen LogP) is 3.10. The lowest BCUT2D eigenvalue weighted by molar-refractivity contribution is 0.104. The van der Waals surface area contributed by atoms with Gasteiger partial charge in [-0.1, -0.05) is 0 Å². The summed E-state index contributed by atoms with van der Waals surface area (Å²) >= 11 is 0. The molecule has 0 bridgehead atoms. The number of carbonyl (C=O) groups excluding carboxylic acids is 1. The van der Waals surface area contributed by atoms with Crippen molar-refractivity contribution in [1.29, 1.82) is 0 Å². The summed E-state index contributed by atoms with van der Waals surface area (Å²) in [6, 6.07) is 15.7. The third-order valence-corrected chi connectivity index (χ3v) is 5.48. The first kappa shape index (κ1) is 21.8. The first-order valence-corrected chi connectivity index (χ1v) is 10.5. The maximum atomic E-state index is 12.5. The van der Waals surface area contributed by atoms with Crippen molar-refractivity contribution in [2.24, 2.45) is 0 Å². The van der Waals surface area contributed by atoms with Crippen LogP contribution in [0.15, 0.2) is 77.8 Å². The molecule has 0 aliphatic carbocycles. The molecule has 10 heteroatoms. The number of hydrogen-bond donors (Lipinski definition) is 2. The third kappa shape index (κ3) is 5.80. The highest BCUT2D eigenvalue weighted by atomic mass is 32.2. The smallest absolute Gasteiger partial charge is 0.263 e. The summed E-state index contributed by atoms with van der Waals surface area (Å²) in [5.74, 6) is 0.834. The van der Waals surface area contributed by atoms with Crippen molar-refractivity contribution < 1.29 is 22.7 Å². The van der Waals surface area contributed by atoms with Gasteiger partial charge in [0.2, 0.25) is 5.88 Å². The summed E-state index contributed by atoms with van der Waals surface area (Å²) in [6.45, 7) is 0. The molecule has 0 amide bonds. The number of methoxy groups -OCH3 is 2. The Hall–Kier alpha value is -3.92. The van der Waals surface area contributed by atoms with E-state index in [0.717, 1.165) is 0 Å². The Morgan fingerprint density at radius 1 is 0.903 bits per heavy atom. The number of nitrogens with zero attached hydrogens (tertiary/aromatic N) is 2. The molecule has 0 aliphatic rings. The van der Waals surface area contributed by atoms with Crippen molar-refractivity contribution in [3.05, 3.63) is 78.5 Å². The molecule has 31 heavy (non-hydrogen) atoms. The van der Waals surface area contributed by atoms with Crippen LogP contribution >= 0.6 is 0 Å². The van der Waals surface area contributed by atoms with Gasteiger partial charge >= 0.3 is 0 Å². The lowest BCUT2D eigenvalue weighted by atomic mass is 10.1. The molecule has 2 N–H and O–H groups in total. The van der Waals surface area contributed by atoms with Gasteiger partial charge in [0.1, 0.15) is 5.75 Å². The number of ether oxygens (including phenoxy) is 2. The molecular weight excluding hydrogens is 420 g/mol. The molecule has 0 saturated heterocycles. The number of aromatic nitrogens is 2. The zero-order valence-electron chi connectivity index (χ0n) is 16.8. The summed E-state index contributed by atoms with van der Waals surface area (Å²) in [5.41, 5.74) is 1.13. The van der Waals surface area contributed by atoms with E-state index in [-0.39, 0.29) is 22.4 Å². The second-order valence-electron chi connectivity index (χ2n) is 6.16. The average Bonchev–Trinajstić information content (AvgIpc) is 2.79. The van der Waals surface area contributed by atoms with Gasteiger partial charge in [0.25, 0.3) is 10.0 Å². The van der Waals surface area contributed by atoms with E-state index in [1.807, 2.05) is 0 Å². The largest absolute Gasteiger partial charge is 0.497 e. The van der Waals surface area contributed by atoms with Gasteiger partial charge in [0, 0.05) is 29.6 Å². The van der Waals surface area contributed by atoms with E-state index in [1.165, 1.54) is 43.7 Å². The molecule has 160 valence electrons. The van der Waals surface area contributed by atoms with Gasteiger partial charge in [-0.2, -0.15) is 0 Å². The number of rotatable bonds is 9. The van der Waals surface area contributed by atoms with Gasteiger partial charge < -0.3 is 14.8 Å². The van der Waals surface area contributed by atoms with Gasteiger partial charge in [-0.25, -0.2) is 8.42 Å². The SMILES string of the molecule is COc1ccc(C(=O)/C=C\Nc2ccc(S(=O)(=O)Nc3ccc(OC)nn3)cc2)cc1. The first-order valence-electron chi connectivity index (χ1n) is 9.03. The normalized spacial score (nSPS) is 11.2. The van der Waals surface area contributed by atoms with Crippen LogP contribution in [-0.2, 0) is 10.0 Å². The van der Waals surface area contributed by atoms with E-state index in [9.17, 15) is 13.2 Å². The molecule has 0 atom stereocenters. The van der Waals surface area contributed by atoms with Gasteiger partial charge in [-0.05, 0) is 54.6 Å².